The Kier molecular flexibility index (Phi) is 10.0. The number of likely N-dealkylation sites (tertiary alicyclic amines) is 2. The molecule has 0 unspecified atom stereocenters. The molecule has 4 aliphatic rings. The number of nitrogens with zero attached hydrogens (tertiary/aromatic N) is 5. The first-order valence-electron chi connectivity index (χ1n) is 21.4. The van der Waals surface area contributed by atoms with Crippen molar-refractivity contribution in [2.75, 3.05) is 20.2 Å². The van der Waals surface area contributed by atoms with Crippen LogP contribution in [0, 0.1) is 40.4 Å². The first kappa shape index (κ1) is 39.5. The Bertz CT molecular complexity index is 2500. The van der Waals surface area contributed by atoms with Crippen molar-refractivity contribution >= 4 is 28.9 Å². The van der Waals surface area contributed by atoms with Gasteiger partial charge >= 0.3 is 6.09 Å². The third-order valence-corrected chi connectivity index (χ3v) is 13.6. The number of methoxy groups -OCH3 is 1. The standard InChI is InChI=1S/C48H54N8O4/c1-28(2)30(5)44(57)55-26-47(17-18-47)24-37(55)42-50-35-14-11-32(23-36(35)51-42)8-7-31-9-12-33(13-10-31)40-41(34-15-21-49-22-16-34)53-43(52-40)38-25-48(19-20-48)27-56(38)45(58)39(29(3)4)54-46(59)60-6/h9-16,21-23,28-30,37-39H,17-20,24-27H2,1-6H3,(H,50,51)(H,52,53)(H,54,59)/t30-,37-,38-,39-/m0/s1. The summed E-state index contributed by atoms with van der Waals surface area (Å²) >= 11 is 0. The summed E-state index contributed by atoms with van der Waals surface area (Å²) in [7, 11) is 1.31. The van der Waals surface area contributed by atoms with E-state index < -0.39 is 12.1 Å². The average Bonchev–Trinajstić information content (AvgIpc) is 3.90. The van der Waals surface area contributed by atoms with Crippen LogP contribution < -0.4 is 5.32 Å². The van der Waals surface area contributed by atoms with Crippen LogP contribution in [0.2, 0.25) is 0 Å². The third-order valence-electron chi connectivity index (χ3n) is 13.6. The van der Waals surface area contributed by atoms with Crippen LogP contribution in [0.3, 0.4) is 0 Å². The molecule has 2 aliphatic heterocycles. The molecule has 12 nitrogen and oxygen atoms in total. The van der Waals surface area contributed by atoms with E-state index in [2.05, 4.69) is 50.9 Å². The number of benzene rings is 2. The number of pyridine rings is 1. The van der Waals surface area contributed by atoms with Gasteiger partial charge in [-0.2, -0.15) is 0 Å². The molecule has 2 saturated heterocycles. The quantitative estimate of drug-likeness (QED) is 0.127. The number of rotatable bonds is 9. The van der Waals surface area contributed by atoms with Crippen molar-refractivity contribution in [2.24, 2.45) is 28.6 Å². The molecule has 3 N–H and O–H groups in total. The molecule has 2 spiro atoms. The van der Waals surface area contributed by atoms with Gasteiger partial charge in [0.15, 0.2) is 0 Å². The van der Waals surface area contributed by atoms with E-state index in [0.717, 1.165) is 88.6 Å². The van der Waals surface area contributed by atoms with Crippen molar-refractivity contribution in [1.29, 1.82) is 0 Å². The number of nitrogens with one attached hydrogen (secondary N) is 3. The van der Waals surface area contributed by atoms with Gasteiger partial charge in [0.1, 0.15) is 17.7 Å². The number of amides is 3. The number of imidazole rings is 2. The number of carbonyl (C=O) groups is 3. The van der Waals surface area contributed by atoms with Crippen molar-refractivity contribution in [3.63, 3.8) is 0 Å². The topological polar surface area (TPSA) is 149 Å². The first-order chi connectivity index (χ1) is 28.8. The lowest BCUT2D eigenvalue weighted by Crippen LogP contribution is -2.51. The molecule has 60 heavy (non-hydrogen) atoms. The van der Waals surface area contributed by atoms with Crippen LogP contribution in [0.5, 0.6) is 0 Å². The van der Waals surface area contributed by atoms with Crippen LogP contribution in [0.4, 0.5) is 4.79 Å². The van der Waals surface area contributed by atoms with Crippen LogP contribution in [0.25, 0.3) is 33.5 Å². The molecule has 5 aromatic rings. The Morgan fingerprint density at radius 3 is 1.95 bits per heavy atom. The maximum atomic E-state index is 14.2. The number of fused-ring (bicyclic) bond motifs is 1. The molecule has 3 aromatic heterocycles. The lowest BCUT2D eigenvalue weighted by Gasteiger charge is -2.30. The van der Waals surface area contributed by atoms with E-state index in [1.165, 1.54) is 20.0 Å². The van der Waals surface area contributed by atoms with Gasteiger partial charge in [0.2, 0.25) is 11.8 Å². The average molecular weight is 807 g/mol. The van der Waals surface area contributed by atoms with E-state index in [9.17, 15) is 14.4 Å². The molecule has 4 atom stereocenters. The molecular formula is C48H54N8O4. The SMILES string of the molecule is COC(=O)N[C@H](C(=O)N1CC2(CC2)C[C@H]1c1nc(-c2ccncc2)c(-c2ccc(C#Cc3ccc4nc([C@@H]5CC6(CC6)CN5C(=O)[C@@H](C)C(C)C)[nH]c4c3)cc2)[nH]1)C(C)C. The molecule has 3 amide bonds. The smallest absolute Gasteiger partial charge is 0.407 e. The Morgan fingerprint density at radius 2 is 1.35 bits per heavy atom. The molecule has 2 saturated carbocycles. The van der Waals surface area contributed by atoms with Gasteiger partial charge < -0.3 is 29.8 Å². The highest BCUT2D eigenvalue weighted by atomic mass is 16.5. The van der Waals surface area contributed by atoms with Crippen LogP contribution in [0.1, 0.15) is 108 Å². The second-order valence-corrected chi connectivity index (χ2v) is 18.5. The number of carbonyl (C=O) groups excluding carboxylic acids is 3. The summed E-state index contributed by atoms with van der Waals surface area (Å²) < 4.78 is 4.86. The molecule has 2 aromatic carbocycles. The van der Waals surface area contributed by atoms with E-state index in [4.69, 9.17) is 14.7 Å². The van der Waals surface area contributed by atoms with E-state index >= 15 is 0 Å². The molecule has 0 radical (unpaired) electrons. The summed E-state index contributed by atoms with van der Waals surface area (Å²) in [4.78, 5) is 65.6. The molecule has 4 fully saturated rings. The monoisotopic (exact) mass is 806 g/mol. The maximum absolute atomic E-state index is 14.2. The Balaban J connectivity index is 0.968. The normalized spacial score (nSPS) is 20.7. The number of H-pyrrole nitrogens is 2. The Hall–Kier alpha value is -5.96. The zero-order valence-corrected chi connectivity index (χ0v) is 35.3. The van der Waals surface area contributed by atoms with E-state index in [1.54, 1.807) is 12.4 Å². The minimum atomic E-state index is -0.719. The summed E-state index contributed by atoms with van der Waals surface area (Å²) in [6.07, 6.45) is 9.15. The highest BCUT2D eigenvalue weighted by molar-refractivity contribution is 5.87. The van der Waals surface area contributed by atoms with Crippen molar-refractivity contribution in [1.82, 2.24) is 40.0 Å². The minimum Gasteiger partial charge on any atom is -0.453 e. The van der Waals surface area contributed by atoms with Crippen LogP contribution >= 0.6 is 0 Å². The fraction of sp³-hybridized carbons (Fsp3) is 0.458. The number of aromatic nitrogens is 5. The van der Waals surface area contributed by atoms with Gasteiger partial charge in [-0.3, -0.25) is 14.6 Å². The summed E-state index contributed by atoms with van der Waals surface area (Å²) in [5, 5.41) is 2.77. The van der Waals surface area contributed by atoms with Gasteiger partial charge in [-0.15, -0.1) is 0 Å². The van der Waals surface area contributed by atoms with Crippen molar-refractivity contribution in [3.05, 3.63) is 89.8 Å². The zero-order valence-electron chi connectivity index (χ0n) is 35.3. The molecular weight excluding hydrogens is 753 g/mol. The van der Waals surface area contributed by atoms with Gasteiger partial charge in [0.25, 0.3) is 0 Å². The lowest BCUT2D eigenvalue weighted by atomic mass is 9.96. The number of hydrogen-bond donors (Lipinski definition) is 3. The number of aromatic amines is 2. The first-order valence-corrected chi connectivity index (χ1v) is 21.4. The molecule has 2 aliphatic carbocycles. The summed E-state index contributed by atoms with van der Waals surface area (Å²) in [6, 6.07) is 17.0. The predicted molar refractivity (Wildman–Crippen MR) is 229 cm³/mol. The van der Waals surface area contributed by atoms with E-state index in [-0.39, 0.29) is 52.5 Å². The Labute approximate surface area is 351 Å². The highest BCUT2D eigenvalue weighted by Crippen LogP contribution is 2.59. The largest absolute Gasteiger partial charge is 0.453 e. The third kappa shape index (κ3) is 7.55. The van der Waals surface area contributed by atoms with Gasteiger partial charge in [-0.1, -0.05) is 58.6 Å². The summed E-state index contributed by atoms with van der Waals surface area (Å²) in [5.74, 6) is 8.50. The number of alkyl carbamates (subject to hydrolysis) is 1. The maximum Gasteiger partial charge on any atom is 0.407 e. The predicted octanol–water partition coefficient (Wildman–Crippen LogP) is 8.19. The fourth-order valence-electron chi connectivity index (χ4n) is 9.17. The number of ether oxygens (including phenoxy) is 1. The van der Waals surface area contributed by atoms with E-state index in [1.807, 2.05) is 80.3 Å². The second-order valence-electron chi connectivity index (χ2n) is 18.5. The molecule has 0 bridgehead atoms. The zero-order chi connectivity index (χ0) is 41.9. The van der Waals surface area contributed by atoms with Crippen molar-refractivity contribution in [3.8, 4) is 34.4 Å². The fourth-order valence-corrected chi connectivity index (χ4v) is 9.17. The van der Waals surface area contributed by atoms with Crippen LogP contribution in [-0.4, -0.2) is 78.9 Å². The Morgan fingerprint density at radius 1 is 0.750 bits per heavy atom. The summed E-state index contributed by atoms with van der Waals surface area (Å²) in [5.41, 5.74) is 7.34. The molecule has 12 heteroatoms. The molecule has 9 rings (SSSR count). The van der Waals surface area contributed by atoms with Gasteiger partial charge in [0, 0.05) is 53.7 Å². The minimum absolute atomic E-state index is 0.0287. The second kappa shape index (κ2) is 15.3. The van der Waals surface area contributed by atoms with Crippen LogP contribution in [0.15, 0.2) is 67.0 Å². The lowest BCUT2D eigenvalue weighted by molar-refractivity contribution is -0.137. The van der Waals surface area contributed by atoms with Gasteiger partial charge in [0.05, 0.1) is 41.6 Å². The molecule has 310 valence electrons. The van der Waals surface area contributed by atoms with Crippen LogP contribution in [-0.2, 0) is 14.3 Å². The summed E-state index contributed by atoms with van der Waals surface area (Å²) in [6.45, 7) is 11.6. The highest BCUT2D eigenvalue weighted by Gasteiger charge is 2.56. The van der Waals surface area contributed by atoms with Gasteiger partial charge in [-0.05, 0) is 104 Å². The molecule has 5 heterocycles. The van der Waals surface area contributed by atoms with Crippen molar-refractivity contribution in [2.45, 2.75) is 91.3 Å². The van der Waals surface area contributed by atoms with E-state index in [0.29, 0.717) is 6.54 Å². The van der Waals surface area contributed by atoms with Gasteiger partial charge in [-0.25, -0.2) is 14.8 Å². The van der Waals surface area contributed by atoms with Crippen molar-refractivity contribution < 1.29 is 19.1 Å². The number of hydrogen-bond acceptors (Lipinski definition) is 7.